The summed E-state index contributed by atoms with van der Waals surface area (Å²) in [6.07, 6.45) is 7.20. The largest absolute Gasteiger partial charge is 0.368 e. The molecule has 2 aromatic carbocycles. The van der Waals surface area contributed by atoms with Gasteiger partial charge in [-0.25, -0.2) is 0 Å². The summed E-state index contributed by atoms with van der Waals surface area (Å²) in [6, 6.07) is 17.3. The molecule has 2 heterocycles. The van der Waals surface area contributed by atoms with E-state index in [2.05, 4.69) is 64.6 Å². The molecular formula is C26H35N3OS. The summed E-state index contributed by atoms with van der Waals surface area (Å²) in [5, 5.41) is 0. The van der Waals surface area contributed by atoms with E-state index in [0.29, 0.717) is 12.3 Å². The molecule has 2 aromatic rings. The van der Waals surface area contributed by atoms with E-state index in [1.54, 1.807) is 0 Å². The Kier molecular flexibility index (Phi) is 7.92. The fourth-order valence-electron chi connectivity index (χ4n) is 4.76. The molecule has 1 saturated heterocycles. The van der Waals surface area contributed by atoms with Crippen molar-refractivity contribution in [3.8, 4) is 0 Å². The second-order valence-corrected chi connectivity index (χ2v) is 9.49. The molecule has 0 aromatic heterocycles. The molecule has 1 fully saturated rings. The van der Waals surface area contributed by atoms with Crippen molar-refractivity contribution in [3.05, 3.63) is 59.7 Å². The number of anilines is 1. The van der Waals surface area contributed by atoms with Crippen LogP contribution in [0.25, 0.3) is 0 Å². The number of para-hydroxylation sites is 1. The van der Waals surface area contributed by atoms with Crippen LogP contribution in [0.1, 0.15) is 36.8 Å². The van der Waals surface area contributed by atoms with Gasteiger partial charge < -0.3 is 9.80 Å². The first kappa shape index (κ1) is 22.2. The van der Waals surface area contributed by atoms with Crippen LogP contribution in [0.3, 0.4) is 0 Å². The van der Waals surface area contributed by atoms with Crippen molar-refractivity contribution >= 4 is 23.4 Å². The average Bonchev–Trinajstić information content (AvgIpc) is 2.83. The maximum atomic E-state index is 12.6. The van der Waals surface area contributed by atoms with Crippen molar-refractivity contribution in [2.45, 2.75) is 43.5 Å². The smallest absolute Gasteiger partial charge is 0.222 e. The topological polar surface area (TPSA) is 26.8 Å². The summed E-state index contributed by atoms with van der Waals surface area (Å²) in [4.78, 5) is 21.1. The number of fused-ring (bicyclic) bond motifs is 1. The molecule has 0 N–H and O–H groups in total. The number of carbonyl (C=O) groups excluding carboxylic acids is 1. The van der Waals surface area contributed by atoms with E-state index in [1.807, 2.05) is 16.7 Å². The molecule has 31 heavy (non-hydrogen) atoms. The Labute approximate surface area is 191 Å². The van der Waals surface area contributed by atoms with Crippen LogP contribution in [-0.4, -0.2) is 61.2 Å². The van der Waals surface area contributed by atoms with Crippen molar-refractivity contribution in [2.75, 3.05) is 50.4 Å². The fraction of sp³-hybridized carbons (Fsp3) is 0.500. The first-order chi connectivity index (χ1) is 15.2. The number of amides is 1. The summed E-state index contributed by atoms with van der Waals surface area (Å²) in [6.45, 7) is 7.30. The SMILES string of the molecule is CSc1ccccc1N1CCN(CCCCCC(=O)N2CCc3ccccc3C2)CC1. The minimum Gasteiger partial charge on any atom is -0.368 e. The summed E-state index contributed by atoms with van der Waals surface area (Å²) >= 11 is 1.83. The van der Waals surface area contributed by atoms with Gasteiger partial charge in [0, 0.05) is 50.6 Å². The lowest BCUT2D eigenvalue weighted by Gasteiger charge is -2.36. The van der Waals surface area contributed by atoms with E-state index in [9.17, 15) is 4.79 Å². The zero-order valence-corrected chi connectivity index (χ0v) is 19.6. The van der Waals surface area contributed by atoms with Crippen LogP contribution >= 0.6 is 11.8 Å². The molecule has 2 aliphatic heterocycles. The molecule has 4 nitrogen and oxygen atoms in total. The number of hydrogen-bond acceptors (Lipinski definition) is 4. The van der Waals surface area contributed by atoms with Gasteiger partial charge in [0.05, 0.1) is 5.69 Å². The second kappa shape index (κ2) is 11.1. The third-order valence-electron chi connectivity index (χ3n) is 6.65. The van der Waals surface area contributed by atoms with Gasteiger partial charge in [-0.05, 0) is 55.3 Å². The van der Waals surface area contributed by atoms with Crippen molar-refractivity contribution in [1.29, 1.82) is 0 Å². The van der Waals surface area contributed by atoms with Gasteiger partial charge in [0.25, 0.3) is 0 Å². The third kappa shape index (κ3) is 5.83. The van der Waals surface area contributed by atoms with Crippen molar-refractivity contribution in [1.82, 2.24) is 9.80 Å². The summed E-state index contributed by atoms with van der Waals surface area (Å²) in [5.74, 6) is 0.329. The van der Waals surface area contributed by atoms with Crippen LogP contribution in [0.4, 0.5) is 5.69 Å². The number of rotatable bonds is 8. The van der Waals surface area contributed by atoms with Crippen LogP contribution in [-0.2, 0) is 17.8 Å². The molecule has 1 amide bonds. The molecule has 2 aliphatic rings. The first-order valence-corrected chi connectivity index (χ1v) is 12.9. The number of unbranched alkanes of at least 4 members (excludes halogenated alkanes) is 2. The van der Waals surface area contributed by atoms with Crippen LogP contribution in [0, 0.1) is 0 Å². The van der Waals surface area contributed by atoms with E-state index < -0.39 is 0 Å². The van der Waals surface area contributed by atoms with Crippen molar-refractivity contribution < 1.29 is 4.79 Å². The Morgan fingerprint density at radius 3 is 2.42 bits per heavy atom. The van der Waals surface area contributed by atoms with Crippen molar-refractivity contribution in [2.24, 2.45) is 0 Å². The van der Waals surface area contributed by atoms with Crippen LogP contribution in [0.5, 0.6) is 0 Å². The Hall–Kier alpha value is -1.98. The van der Waals surface area contributed by atoms with E-state index >= 15 is 0 Å². The minimum absolute atomic E-state index is 0.329. The predicted molar refractivity (Wildman–Crippen MR) is 131 cm³/mol. The molecular weight excluding hydrogens is 402 g/mol. The molecule has 0 radical (unpaired) electrons. The Balaban J connectivity index is 1.11. The highest BCUT2D eigenvalue weighted by atomic mass is 32.2. The molecule has 166 valence electrons. The first-order valence-electron chi connectivity index (χ1n) is 11.7. The molecule has 0 spiro atoms. The summed E-state index contributed by atoms with van der Waals surface area (Å²) in [5.41, 5.74) is 4.11. The standard InChI is InChI=1S/C26H35N3OS/c1-31-25-12-7-6-11-24(25)28-19-17-27(18-20-28)15-8-2-3-13-26(30)29-16-14-22-9-4-5-10-23(22)21-29/h4-7,9-12H,2-3,8,13-21H2,1H3. The molecule has 5 heteroatoms. The zero-order valence-electron chi connectivity index (χ0n) is 18.8. The van der Waals surface area contributed by atoms with Gasteiger partial charge in [-0.1, -0.05) is 42.8 Å². The van der Waals surface area contributed by atoms with E-state index in [-0.39, 0.29) is 0 Å². The zero-order chi connectivity index (χ0) is 21.5. The minimum atomic E-state index is 0.329. The molecule has 0 saturated carbocycles. The number of nitrogens with zero attached hydrogens (tertiary/aromatic N) is 3. The Morgan fingerprint density at radius 1 is 0.871 bits per heavy atom. The maximum absolute atomic E-state index is 12.6. The fourth-order valence-corrected chi connectivity index (χ4v) is 5.38. The lowest BCUT2D eigenvalue weighted by atomic mass is 9.99. The van der Waals surface area contributed by atoms with Gasteiger partial charge in [-0.15, -0.1) is 11.8 Å². The normalized spacial score (nSPS) is 16.9. The second-order valence-electron chi connectivity index (χ2n) is 8.65. The van der Waals surface area contributed by atoms with Crippen molar-refractivity contribution in [3.63, 3.8) is 0 Å². The molecule has 0 aliphatic carbocycles. The van der Waals surface area contributed by atoms with Gasteiger partial charge in [-0.3, -0.25) is 9.69 Å². The summed E-state index contributed by atoms with van der Waals surface area (Å²) in [7, 11) is 0. The maximum Gasteiger partial charge on any atom is 0.222 e. The molecule has 0 bridgehead atoms. The van der Waals surface area contributed by atoms with E-state index in [1.165, 1.54) is 28.1 Å². The average molecular weight is 438 g/mol. The molecule has 0 atom stereocenters. The predicted octanol–water partition coefficient (Wildman–Crippen LogP) is 4.68. The van der Waals surface area contributed by atoms with E-state index in [4.69, 9.17) is 0 Å². The highest BCUT2D eigenvalue weighted by Crippen LogP contribution is 2.29. The number of thioether (sulfide) groups is 1. The third-order valence-corrected chi connectivity index (χ3v) is 7.43. The van der Waals surface area contributed by atoms with Crippen LogP contribution < -0.4 is 4.90 Å². The number of hydrogen-bond donors (Lipinski definition) is 0. The Bertz CT molecular complexity index is 863. The lowest BCUT2D eigenvalue weighted by molar-refractivity contribution is -0.132. The van der Waals surface area contributed by atoms with Gasteiger partial charge in [0.1, 0.15) is 0 Å². The highest BCUT2D eigenvalue weighted by molar-refractivity contribution is 7.98. The molecule has 4 rings (SSSR count). The molecule has 0 unspecified atom stereocenters. The quantitative estimate of drug-likeness (QED) is 0.443. The number of carbonyl (C=O) groups is 1. The van der Waals surface area contributed by atoms with Gasteiger partial charge in [0.15, 0.2) is 0 Å². The highest BCUT2D eigenvalue weighted by Gasteiger charge is 2.20. The van der Waals surface area contributed by atoms with Crippen LogP contribution in [0.15, 0.2) is 53.4 Å². The van der Waals surface area contributed by atoms with Gasteiger partial charge >= 0.3 is 0 Å². The Morgan fingerprint density at radius 2 is 1.61 bits per heavy atom. The van der Waals surface area contributed by atoms with Gasteiger partial charge in [-0.2, -0.15) is 0 Å². The van der Waals surface area contributed by atoms with Crippen LogP contribution in [0.2, 0.25) is 0 Å². The number of benzene rings is 2. The van der Waals surface area contributed by atoms with E-state index in [0.717, 1.165) is 65.1 Å². The number of piperazine rings is 1. The monoisotopic (exact) mass is 437 g/mol. The summed E-state index contributed by atoms with van der Waals surface area (Å²) < 4.78 is 0. The lowest BCUT2D eigenvalue weighted by Crippen LogP contribution is -2.46. The van der Waals surface area contributed by atoms with Gasteiger partial charge in [0.2, 0.25) is 5.91 Å².